The SMILES string of the molecule is Clc1ccc(Br)cc1OCc1csc2ccccc12. The van der Waals surface area contributed by atoms with E-state index < -0.39 is 0 Å². The Kier molecular flexibility index (Phi) is 3.78. The second-order valence-corrected chi connectivity index (χ2v) is 6.35. The zero-order valence-electron chi connectivity index (χ0n) is 9.90. The van der Waals surface area contributed by atoms with E-state index in [-0.39, 0.29) is 0 Å². The zero-order chi connectivity index (χ0) is 13.2. The molecule has 0 aliphatic rings. The number of hydrogen-bond acceptors (Lipinski definition) is 2. The number of thiophene rings is 1. The van der Waals surface area contributed by atoms with Crippen molar-refractivity contribution in [2.75, 3.05) is 0 Å². The minimum Gasteiger partial charge on any atom is -0.487 e. The first-order chi connectivity index (χ1) is 9.24. The van der Waals surface area contributed by atoms with Crippen molar-refractivity contribution in [1.29, 1.82) is 0 Å². The van der Waals surface area contributed by atoms with Gasteiger partial charge in [0.05, 0.1) is 5.02 Å². The molecule has 4 heteroatoms. The summed E-state index contributed by atoms with van der Waals surface area (Å²) >= 11 is 11.3. The largest absolute Gasteiger partial charge is 0.487 e. The topological polar surface area (TPSA) is 9.23 Å². The van der Waals surface area contributed by atoms with Gasteiger partial charge in [-0.3, -0.25) is 0 Å². The van der Waals surface area contributed by atoms with Crippen molar-refractivity contribution in [2.24, 2.45) is 0 Å². The van der Waals surface area contributed by atoms with Crippen LogP contribution in [-0.4, -0.2) is 0 Å². The lowest BCUT2D eigenvalue weighted by Gasteiger charge is -2.08. The quantitative estimate of drug-likeness (QED) is 0.570. The summed E-state index contributed by atoms with van der Waals surface area (Å²) in [6.07, 6.45) is 0. The van der Waals surface area contributed by atoms with Gasteiger partial charge in [-0.05, 0) is 35.0 Å². The molecule has 0 amide bonds. The number of ether oxygens (including phenoxy) is 1. The van der Waals surface area contributed by atoms with Crippen molar-refractivity contribution in [3.05, 3.63) is 62.9 Å². The average molecular weight is 354 g/mol. The van der Waals surface area contributed by atoms with Crippen LogP contribution in [0.4, 0.5) is 0 Å². The third kappa shape index (κ3) is 2.78. The molecule has 3 aromatic rings. The van der Waals surface area contributed by atoms with E-state index in [0.717, 1.165) is 4.47 Å². The molecule has 1 heterocycles. The molecule has 2 aromatic carbocycles. The number of benzene rings is 2. The van der Waals surface area contributed by atoms with Crippen LogP contribution >= 0.6 is 38.9 Å². The highest BCUT2D eigenvalue weighted by Gasteiger charge is 2.06. The van der Waals surface area contributed by atoms with E-state index in [2.05, 4.69) is 39.5 Å². The Morgan fingerprint density at radius 2 is 2.00 bits per heavy atom. The number of fused-ring (bicyclic) bond motifs is 1. The van der Waals surface area contributed by atoms with Gasteiger partial charge < -0.3 is 4.74 Å². The first-order valence-corrected chi connectivity index (χ1v) is 7.82. The molecule has 0 fully saturated rings. The van der Waals surface area contributed by atoms with Gasteiger partial charge >= 0.3 is 0 Å². The van der Waals surface area contributed by atoms with E-state index in [9.17, 15) is 0 Å². The van der Waals surface area contributed by atoms with Crippen molar-refractivity contribution < 1.29 is 4.74 Å². The van der Waals surface area contributed by atoms with E-state index in [1.165, 1.54) is 15.6 Å². The molecule has 1 nitrogen and oxygen atoms in total. The molecule has 0 radical (unpaired) electrons. The highest BCUT2D eigenvalue weighted by Crippen LogP contribution is 2.31. The smallest absolute Gasteiger partial charge is 0.139 e. The predicted molar refractivity (Wildman–Crippen MR) is 85.3 cm³/mol. The molecule has 96 valence electrons. The van der Waals surface area contributed by atoms with Gasteiger partial charge in [-0.1, -0.05) is 45.7 Å². The summed E-state index contributed by atoms with van der Waals surface area (Å²) in [5, 5.41) is 4.01. The average Bonchev–Trinajstić information content (AvgIpc) is 2.83. The molecule has 1 aromatic heterocycles. The highest BCUT2D eigenvalue weighted by atomic mass is 79.9. The molecule has 0 N–H and O–H groups in total. The van der Waals surface area contributed by atoms with Crippen LogP contribution in [0.5, 0.6) is 5.75 Å². The van der Waals surface area contributed by atoms with E-state index in [1.54, 1.807) is 11.3 Å². The maximum atomic E-state index is 6.11. The molecule has 0 aliphatic carbocycles. The minimum absolute atomic E-state index is 0.528. The molecule has 0 saturated heterocycles. The fourth-order valence-electron chi connectivity index (χ4n) is 1.89. The standard InChI is InChI=1S/C15H10BrClOS/c16-11-5-6-13(17)14(7-11)18-8-10-9-19-15-4-2-1-3-12(10)15/h1-7,9H,8H2. The summed E-state index contributed by atoms with van der Waals surface area (Å²) in [4.78, 5) is 0. The lowest BCUT2D eigenvalue weighted by molar-refractivity contribution is 0.308. The second-order valence-electron chi connectivity index (χ2n) is 4.12. The van der Waals surface area contributed by atoms with Gasteiger partial charge in [0.15, 0.2) is 0 Å². The summed E-state index contributed by atoms with van der Waals surface area (Å²) in [5.74, 6) is 0.700. The second kappa shape index (κ2) is 5.53. The van der Waals surface area contributed by atoms with Gasteiger partial charge in [-0.25, -0.2) is 0 Å². The Labute approximate surface area is 128 Å². The Hall–Kier alpha value is -1.03. The first-order valence-electron chi connectivity index (χ1n) is 5.77. The Morgan fingerprint density at radius 3 is 2.89 bits per heavy atom. The van der Waals surface area contributed by atoms with Crippen LogP contribution in [0.1, 0.15) is 5.56 Å². The summed E-state index contributed by atoms with van der Waals surface area (Å²) in [5.41, 5.74) is 1.19. The van der Waals surface area contributed by atoms with Crippen molar-refractivity contribution in [1.82, 2.24) is 0 Å². The van der Waals surface area contributed by atoms with Crippen molar-refractivity contribution in [3.63, 3.8) is 0 Å². The maximum absolute atomic E-state index is 6.11. The molecular weight excluding hydrogens is 344 g/mol. The molecule has 0 spiro atoms. The predicted octanol–water partition coefficient (Wildman–Crippen LogP) is 5.90. The normalized spacial score (nSPS) is 10.8. The third-order valence-corrected chi connectivity index (χ3v) is 4.66. The number of hydrogen-bond donors (Lipinski definition) is 0. The van der Waals surface area contributed by atoms with Gasteiger partial charge in [0.1, 0.15) is 12.4 Å². The lowest BCUT2D eigenvalue weighted by atomic mass is 10.2. The fourth-order valence-corrected chi connectivity index (χ4v) is 3.35. The molecule has 0 saturated carbocycles. The van der Waals surface area contributed by atoms with Crippen LogP contribution in [0.2, 0.25) is 5.02 Å². The summed E-state index contributed by atoms with van der Waals surface area (Å²) in [7, 11) is 0. The molecule has 0 atom stereocenters. The zero-order valence-corrected chi connectivity index (χ0v) is 13.1. The van der Waals surface area contributed by atoms with Crippen molar-refractivity contribution in [2.45, 2.75) is 6.61 Å². The summed E-state index contributed by atoms with van der Waals surface area (Å²) in [6, 6.07) is 13.9. The molecule has 0 bridgehead atoms. The Bertz CT molecular complexity index is 723. The van der Waals surface area contributed by atoms with Crippen molar-refractivity contribution >= 4 is 49.0 Å². The Balaban J connectivity index is 1.84. The molecular formula is C15H10BrClOS. The molecule has 19 heavy (non-hydrogen) atoms. The third-order valence-electron chi connectivity index (χ3n) is 2.84. The summed E-state index contributed by atoms with van der Waals surface area (Å²) < 4.78 is 8.05. The van der Waals surface area contributed by atoms with Crippen molar-refractivity contribution in [3.8, 4) is 5.75 Å². The number of rotatable bonds is 3. The molecule has 0 unspecified atom stereocenters. The van der Waals surface area contributed by atoms with Gasteiger partial charge in [-0.15, -0.1) is 11.3 Å². The van der Waals surface area contributed by atoms with Gasteiger partial charge in [0.2, 0.25) is 0 Å². The van der Waals surface area contributed by atoms with Gasteiger partial charge in [0, 0.05) is 14.7 Å². The first kappa shape index (κ1) is 13.0. The van der Waals surface area contributed by atoms with E-state index in [0.29, 0.717) is 17.4 Å². The van der Waals surface area contributed by atoms with Gasteiger partial charge in [-0.2, -0.15) is 0 Å². The minimum atomic E-state index is 0.528. The molecule has 3 rings (SSSR count). The van der Waals surface area contributed by atoms with Gasteiger partial charge in [0.25, 0.3) is 0 Å². The maximum Gasteiger partial charge on any atom is 0.139 e. The monoisotopic (exact) mass is 352 g/mol. The van der Waals surface area contributed by atoms with E-state index in [1.807, 2.05) is 24.3 Å². The fraction of sp³-hybridized carbons (Fsp3) is 0.0667. The number of halogens is 2. The van der Waals surface area contributed by atoms with Crippen LogP contribution in [-0.2, 0) is 6.61 Å². The van der Waals surface area contributed by atoms with Crippen LogP contribution in [0, 0.1) is 0 Å². The van der Waals surface area contributed by atoms with Crippen LogP contribution in [0.15, 0.2) is 52.3 Å². The van der Waals surface area contributed by atoms with E-state index in [4.69, 9.17) is 16.3 Å². The van der Waals surface area contributed by atoms with Crippen LogP contribution < -0.4 is 4.74 Å². The summed E-state index contributed by atoms with van der Waals surface area (Å²) in [6.45, 7) is 0.528. The molecule has 0 aliphatic heterocycles. The van der Waals surface area contributed by atoms with E-state index >= 15 is 0 Å². The lowest BCUT2D eigenvalue weighted by Crippen LogP contribution is -1.95. The highest BCUT2D eigenvalue weighted by molar-refractivity contribution is 9.10. The van der Waals surface area contributed by atoms with Crippen LogP contribution in [0.3, 0.4) is 0 Å². The Morgan fingerprint density at radius 1 is 1.16 bits per heavy atom. The van der Waals surface area contributed by atoms with Crippen LogP contribution in [0.25, 0.3) is 10.1 Å².